The molecule has 5 aromatic rings. The van der Waals surface area contributed by atoms with Gasteiger partial charge in [-0.25, -0.2) is 18.7 Å². The highest BCUT2D eigenvalue weighted by Crippen LogP contribution is 2.68. The van der Waals surface area contributed by atoms with Gasteiger partial charge in [0, 0.05) is 47.0 Å². The van der Waals surface area contributed by atoms with Crippen molar-refractivity contribution < 1.29 is 40.6 Å². The number of anilines is 1. The SMILES string of the molecule is CC(C)(O)C#Cc1ccc(-c2cccc3c(N)nccc23)c([C@@H](CC(=O)Cn2nc(C(F)(F)F)c3c2C(F)(F)[C@@H]2C[C@H]32)Cc2cc(F)cc(F)c2)n1. The van der Waals surface area contributed by atoms with E-state index in [1.54, 1.807) is 36.4 Å². The fourth-order valence-electron chi connectivity index (χ4n) is 7.14. The summed E-state index contributed by atoms with van der Waals surface area (Å²) in [6.07, 6.45) is -4.31. The third-order valence-electron chi connectivity index (χ3n) is 9.34. The number of rotatable bonds is 8. The number of hydrogen-bond acceptors (Lipinski definition) is 6. The second kappa shape index (κ2) is 12.4. The number of carbonyl (C=O) groups excluding carboxylic acids is 1. The van der Waals surface area contributed by atoms with Crippen LogP contribution >= 0.6 is 0 Å². The number of Topliss-reactive ketones (excluding diaryl/α,β-unsaturated/α-hetero) is 1. The molecule has 2 aliphatic rings. The highest BCUT2D eigenvalue weighted by atomic mass is 19.4. The molecular weight excluding hydrogens is 691 g/mol. The van der Waals surface area contributed by atoms with Gasteiger partial charge in [0.05, 0.1) is 5.69 Å². The summed E-state index contributed by atoms with van der Waals surface area (Å²) >= 11 is 0. The third-order valence-corrected chi connectivity index (χ3v) is 9.34. The van der Waals surface area contributed by atoms with Gasteiger partial charge in [0.1, 0.15) is 41.0 Å². The van der Waals surface area contributed by atoms with Gasteiger partial charge < -0.3 is 10.8 Å². The van der Waals surface area contributed by atoms with Gasteiger partial charge in [-0.05, 0) is 85.4 Å². The van der Waals surface area contributed by atoms with E-state index in [1.165, 1.54) is 20.0 Å². The highest BCUT2D eigenvalue weighted by Gasteiger charge is 2.68. The predicted molar refractivity (Wildman–Crippen MR) is 177 cm³/mol. The van der Waals surface area contributed by atoms with Gasteiger partial charge in [-0.15, -0.1) is 0 Å². The van der Waals surface area contributed by atoms with Crippen LogP contribution in [0, 0.1) is 29.4 Å². The van der Waals surface area contributed by atoms with Crippen molar-refractivity contribution in [3.8, 4) is 23.0 Å². The van der Waals surface area contributed by atoms with Crippen molar-refractivity contribution in [3.63, 3.8) is 0 Å². The number of nitrogen functional groups attached to an aromatic ring is 1. The lowest BCUT2D eigenvalue weighted by Crippen LogP contribution is -2.24. The molecule has 2 aromatic carbocycles. The summed E-state index contributed by atoms with van der Waals surface area (Å²) in [5.74, 6) is -3.75. The summed E-state index contributed by atoms with van der Waals surface area (Å²) in [5, 5.41) is 15.0. The molecule has 0 aliphatic heterocycles. The molecule has 0 saturated heterocycles. The molecular formula is C38H30F7N5O2. The molecule has 7 rings (SSSR count). The van der Waals surface area contributed by atoms with Crippen molar-refractivity contribution in [2.45, 2.75) is 69.2 Å². The lowest BCUT2D eigenvalue weighted by Gasteiger charge is -2.22. The van der Waals surface area contributed by atoms with Crippen LogP contribution in [0.15, 0.2) is 60.8 Å². The molecule has 0 bridgehead atoms. The third kappa shape index (κ3) is 6.61. The molecule has 0 radical (unpaired) electrons. The van der Waals surface area contributed by atoms with Crippen LogP contribution in [0.1, 0.15) is 72.4 Å². The van der Waals surface area contributed by atoms with Crippen LogP contribution in [0.25, 0.3) is 21.9 Å². The Morgan fingerprint density at radius 3 is 2.48 bits per heavy atom. The predicted octanol–water partition coefficient (Wildman–Crippen LogP) is 7.69. The number of ketones is 1. The zero-order chi connectivity index (χ0) is 37.3. The molecule has 52 heavy (non-hydrogen) atoms. The summed E-state index contributed by atoms with van der Waals surface area (Å²) in [6, 6.07) is 13.1. The van der Waals surface area contributed by atoms with Crippen molar-refractivity contribution in [3.05, 3.63) is 106 Å². The Bertz CT molecular complexity index is 2300. The number of halogens is 7. The summed E-state index contributed by atoms with van der Waals surface area (Å²) in [4.78, 5) is 22.8. The Balaban J connectivity index is 1.36. The van der Waals surface area contributed by atoms with E-state index in [9.17, 15) is 31.9 Å². The number of pyridine rings is 2. The Labute approximate surface area is 292 Å². The van der Waals surface area contributed by atoms with Crippen molar-refractivity contribution in [2.24, 2.45) is 5.92 Å². The first kappa shape index (κ1) is 35.1. The van der Waals surface area contributed by atoms with Gasteiger partial charge in [0.15, 0.2) is 11.5 Å². The molecule has 0 spiro atoms. The van der Waals surface area contributed by atoms with Crippen LogP contribution in [0.4, 0.5) is 36.6 Å². The Morgan fingerprint density at radius 1 is 1.06 bits per heavy atom. The number of nitrogens with two attached hydrogens (primary N) is 1. The van der Waals surface area contributed by atoms with Gasteiger partial charge in [-0.3, -0.25) is 9.48 Å². The first-order chi connectivity index (χ1) is 24.4. The van der Waals surface area contributed by atoms with E-state index in [1.807, 2.05) is 0 Å². The molecule has 0 unspecified atom stereocenters. The molecule has 2 aliphatic carbocycles. The molecule has 3 heterocycles. The van der Waals surface area contributed by atoms with E-state index >= 15 is 8.78 Å². The summed E-state index contributed by atoms with van der Waals surface area (Å²) in [6.45, 7) is 2.02. The molecule has 7 nitrogen and oxygen atoms in total. The lowest BCUT2D eigenvalue weighted by molar-refractivity contribution is -0.142. The quantitative estimate of drug-likeness (QED) is 0.126. The minimum atomic E-state index is -5.02. The smallest absolute Gasteiger partial charge is 0.383 e. The largest absolute Gasteiger partial charge is 0.435 e. The minimum absolute atomic E-state index is 0.105. The Morgan fingerprint density at radius 2 is 1.79 bits per heavy atom. The molecule has 0 amide bonds. The number of aliphatic hydroxyl groups is 1. The average Bonchev–Trinajstić information content (AvgIpc) is 3.70. The molecule has 14 heteroatoms. The standard InChI is InChI=1S/C38H30F7N5O2/c1-36(2,52)10-8-23-6-7-27(25-4-3-5-28-26(25)9-11-47-35(28)46)32(48-23)20(12-19-13-21(39)16-22(40)14-19)15-24(51)18-50-34-31(33(49-50)38(43,44)45)29-17-30(29)37(34,41)42/h3-7,9,11,13-14,16,20,29-30,52H,12,15,17-18H2,1-2H3,(H2,46,47)/t20-,29+,30-/m1/s1. The molecule has 1 saturated carbocycles. The maximum atomic E-state index is 15.3. The van der Waals surface area contributed by atoms with Gasteiger partial charge in [-0.1, -0.05) is 24.1 Å². The average molecular weight is 722 g/mol. The Kier molecular flexibility index (Phi) is 8.40. The van der Waals surface area contributed by atoms with Crippen molar-refractivity contribution in [1.29, 1.82) is 0 Å². The maximum absolute atomic E-state index is 15.3. The summed E-state index contributed by atoms with van der Waals surface area (Å²) < 4.78 is 102. The van der Waals surface area contributed by atoms with E-state index in [4.69, 9.17) is 10.7 Å². The monoisotopic (exact) mass is 721 g/mol. The van der Waals surface area contributed by atoms with Crippen LogP contribution < -0.4 is 5.73 Å². The van der Waals surface area contributed by atoms with E-state index < -0.39 is 82.8 Å². The normalized spacial score (nSPS) is 18.0. The van der Waals surface area contributed by atoms with Crippen LogP contribution in [0.3, 0.4) is 0 Å². The zero-order valence-corrected chi connectivity index (χ0v) is 27.7. The lowest BCUT2D eigenvalue weighted by atomic mass is 9.85. The van der Waals surface area contributed by atoms with E-state index in [0.29, 0.717) is 32.6 Å². The van der Waals surface area contributed by atoms with Gasteiger partial charge >= 0.3 is 6.18 Å². The number of alkyl halides is 5. The molecule has 268 valence electrons. The second-order valence-electron chi connectivity index (χ2n) is 13.8. The van der Waals surface area contributed by atoms with Crippen LogP contribution in [-0.4, -0.2) is 36.2 Å². The maximum Gasteiger partial charge on any atom is 0.435 e. The van der Waals surface area contributed by atoms with Crippen molar-refractivity contribution in [2.75, 3.05) is 5.73 Å². The molecule has 1 fully saturated rings. The second-order valence-corrected chi connectivity index (χ2v) is 13.8. The zero-order valence-electron chi connectivity index (χ0n) is 27.7. The van der Waals surface area contributed by atoms with Crippen LogP contribution in [0.5, 0.6) is 0 Å². The fraction of sp³-hybridized carbons (Fsp3) is 0.316. The molecule has 3 atom stereocenters. The number of carbonyl (C=O) groups is 1. The number of benzene rings is 2. The number of aromatic nitrogens is 4. The number of hydrogen-bond donors (Lipinski definition) is 2. The van der Waals surface area contributed by atoms with Crippen LogP contribution in [-0.2, 0) is 29.9 Å². The first-order valence-electron chi connectivity index (χ1n) is 16.3. The number of nitrogens with zero attached hydrogens (tertiary/aromatic N) is 4. The van der Waals surface area contributed by atoms with E-state index in [0.717, 1.165) is 12.1 Å². The van der Waals surface area contributed by atoms with E-state index in [-0.39, 0.29) is 35.6 Å². The summed E-state index contributed by atoms with van der Waals surface area (Å²) in [7, 11) is 0. The van der Waals surface area contributed by atoms with Crippen molar-refractivity contribution >= 4 is 22.4 Å². The molecule has 3 aromatic heterocycles. The molecule has 3 N–H and O–H groups in total. The summed E-state index contributed by atoms with van der Waals surface area (Å²) in [5.41, 5.74) is 3.41. The van der Waals surface area contributed by atoms with Gasteiger partial charge in [0.25, 0.3) is 5.92 Å². The topological polar surface area (TPSA) is 107 Å². The number of fused-ring (bicyclic) bond motifs is 4. The Hall–Kier alpha value is -5.29. The van der Waals surface area contributed by atoms with Gasteiger partial charge in [0.2, 0.25) is 0 Å². The van der Waals surface area contributed by atoms with Crippen LogP contribution in [0.2, 0.25) is 0 Å². The van der Waals surface area contributed by atoms with Gasteiger partial charge in [-0.2, -0.15) is 27.1 Å². The van der Waals surface area contributed by atoms with Crippen molar-refractivity contribution in [1.82, 2.24) is 19.7 Å². The minimum Gasteiger partial charge on any atom is -0.383 e. The first-order valence-corrected chi connectivity index (χ1v) is 16.3. The highest BCUT2D eigenvalue weighted by molar-refractivity contribution is 6.01. The van der Waals surface area contributed by atoms with E-state index in [2.05, 4.69) is 21.9 Å². The fourth-order valence-corrected chi connectivity index (χ4v) is 7.14.